The fraction of sp³-hybridized carbons (Fsp3) is 0.190. The van der Waals surface area contributed by atoms with Gasteiger partial charge in [-0.15, -0.1) is 11.3 Å². The Morgan fingerprint density at radius 2 is 1.96 bits per heavy atom. The lowest BCUT2D eigenvalue weighted by molar-refractivity contribution is -0.137. The normalized spacial score (nSPS) is 11.9. The molecule has 0 unspecified atom stereocenters. The molecule has 2 aromatic heterocycles. The number of benzene rings is 1. The Kier molecular flexibility index (Phi) is 5.74. The SMILES string of the molecule is Cc1cc(C(=O)/C=C/c2ccc(COc3cccc(C(F)(F)F)c3)o2)c(C)s1. The van der Waals surface area contributed by atoms with E-state index in [9.17, 15) is 18.0 Å². The van der Waals surface area contributed by atoms with E-state index in [0.717, 1.165) is 21.9 Å². The molecule has 0 aliphatic rings. The highest BCUT2D eigenvalue weighted by Gasteiger charge is 2.30. The number of alkyl halides is 3. The van der Waals surface area contributed by atoms with Crippen LogP contribution in [-0.4, -0.2) is 5.78 Å². The van der Waals surface area contributed by atoms with E-state index in [0.29, 0.717) is 17.1 Å². The lowest BCUT2D eigenvalue weighted by Crippen LogP contribution is -2.05. The number of hydrogen-bond acceptors (Lipinski definition) is 4. The highest BCUT2D eigenvalue weighted by atomic mass is 32.1. The Labute approximate surface area is 164 Å². The molecule has 0 N–H and O–H groups in total. The number of aryl methyl sites for hydroxylation is 2. The first kappa shape index (κ1) is 19.9. The van der Waals surface area contributed by atoms with Crippen LogP contribution in [-0.2, 0) is 12.8 Å². The van der Waals surface area contributed by atoms with Crippen molar-refractivity contribution in [2.24, 2.45) is 0 Å². The molecule has 0 amide bonds. The number of hydrogen-bond donors (Lipinski definition) is 0. The third-order valence-electron chi connectivity index (χ3n) is 3.93. The van der Waals surface area contributed by atoms with Crippen LogP contribution in [0.5, 0.6) is 5.75 Å². The third-order valence-corrected chi connectivity index (χ3v) is 4.90. The molecule has 0 atom stereocenters. The summed E-state index contributed by atoms with van der Waals surface area (Å²) in [7, 11) is 0. The van der Waals surface area contributed by atoms with Crippen LogP contribution in [0.1, 0.15) is 37.2 Å². The van der Waals surface area contributed by atoms with Gasteiger partial charge in [-0.25, -0.2) is 0 Å². The molecule has 1 aromatic carbocycles. The summed E-state index contributed by atoms with van der Waals surface area (Å²) in [6.45, 7) is 3.82. The Morgan fingerprint density at radius 1 is 1.18 bits per heavy atom. The van der Waals surface area contributed by atoms with Crippen LogP contribution in [0.4, 0.5) is 13.2 Å². The number of ketones is 1. The van der Waals surface area contributed by atoms with Crippen LogP contribution < -0.4 is 4.74 Å². The van der Waals surface area contributed by atoms with Crippen molar-refractivity contribution < 1.29 is 27.1 Å². The van der Waals surface area contributed by atoms with Crippen molar-refractivity contribution in [3.8, 4) is 5.75 Å². The fourth-order valence-corrected chi connectivity index (χ4v) is 3.53. The largest absolute Gasteiger partial charge is 0.486 e. The highest BCUT2D eigenvalue weighted by Crippen LogP contribution is 2.31. The van der Waals surface area contributed by atoms with E-state index in [-0.39, 0.29) is 18.1 Å². The van der Waals surface area contributed by atoms with Gasteiger partial charge in [0.2, 0.25) is 0 Å². The van der Waals surface area contributed by atoms with Gasteiger partial charge in [-0.1, -0.05) is 6.07 Å². The summed E-state index contributed by atoms with van der Waals surface area (Å²) in [6, 6.07) is 9.82. The molecule has 0 saturated heterocycles. The molecular formula is C21H17F3O3S. The third kappa shape index (κ3) is 4.92. The lowest BCUT2D eigenvalue weighted by atomic mass is 10.1. The molecule has 0 spiro atoms. The lowest BCUT2D eigenvalue weighted by Gasteiger charge is -2.09. The topological polar surface area (TPSA) is 39.4 Å². The van der Waals surface area contributed by atoms with Gasteiger partial charge in [-0.3, -0.25) is 4.79 Å². The van der Waals surface area contributed by atoms with Gasteiger partial charge < -0.3 is 9.15 Å². The molecule has 28 heavy (non-hydrogen) atoms. The van der Waals surface area contributed by atoms with Crippen LogP contribution in [0.15, 0.2) is 53.0 Å². The first-order chi connectivity index (χ1) is 13.2. The molecule has 0 fully saturated rings. The number of ether oxygens (including phenoxy) is 1. The first-order valence-corrected chi connectivity index (χ1v) is 9.22. The minimum atomic E-state index is -4.42. The maximum Gasteiger partial charge on any atom is 0.416 e. The second-order valence-electron chi connectivity index (χ2n) is 6.14. The zero-order valence-electron chi connectivity index (χ0n) is 15.2. The van der Waals surface area contributed by atoms with Crippen molar-refractivity contribution in [1.29, 1.82) is 0 Å². The molecule has 0 saturated carbocycles. The number of furan rings is 1. The standard InChI is InChI=1S/C21H17F3O3S/c1-13-10-19(14(2)28-13)20(25)9-8-16-6-7-18(27-16)12-26-17-5-3-4-15(11-17)21(22,23)24/h3-11H,12H2,1-2H3/b9-8+. The van der Waals surface area contributed by atoms with Gasteiger partial charge in [-0.2, -0.15) is 13.2 Å². The molecule has 2 heterocycles. The van der Waals surface area contributed by atoms with Gasteiger partial charge >= 0.3 is 6.18 Å². The zero-order valence-corrected chi connectivity index (χ0v) is 16.0. The van der Waals surface area contributed by atoms with E-state index in [1.165, 1.54) is 18.2 Å². The predicted octanol–water partition coefficient (Wildman–Crippen LogP) is 6.45. The summed E-state index contributed by atoms with van der Waals surface area (Å²) >= 11 is 1.57. The van der Waals surface area contributed by atoms with Crippen LogP contribution >= 0.6 is 11.3 Å². The van der Waals surface area contributed by atoms with Crippen LogP contribution in [0.25, 0.3) is 6.08 Å². The van der Waals surface area contributed by atoms with Crippen LogP contribution in [0.2, 0.25) is 0 Å². The number of halogens is 3. The monoisotopic (exact) mass is 406 g/mol. The average molecular weight is 406 g/mol. The van der Waals surface area contributed by atoms with Crippen molar-refractivity contribution >= 4 is 23.2 Å². The number of carbonyl (C=O) groups is 1. The molecule has 0 aliphatic carbocycles. The number of allylic oxidation sites excluding steroid dienone is 1. The van der Waals surface area contributed by atoms with Gasteiger partial charge in [0.15, 0.2) is 5.78 Å². The summed E-state index contributed by atoms with van der Waals surface area (Å²) in [5.41, 5.74) is -0.107. The summed E-state index contributed by atoms with van der Waals surface area (Å²) < 4.78 is 49.1. The zero-order chi connectivity index (χ0) is 20.3. The highest BCUT2D eigenvalue weighted by molar-refractivity contribution is 7.12. The quantitative estimate of drug-likeness (QED) is 0.349. The van der Waals surface area contributed by atoms with E-state index in [1.807, 2.05) is 19.9 Å². The van der Waals surface area contributed by atoms with Gasteiger partial charge in [0.05, 0.1) is 5.56 Å². The Morgan fingerprint density at radius 3 is 2.64 bits per heavy atom. The molecule has 0 bridgehead atoms. The number of carbonyl (C=O) groups excluding carboxylic acids is 1. The average Bonchev–Trinajstić information content (AvgIpc) is 3.23. The first-order valence-electron chi connectivity index (χ1n) is 8.40. The number of rotatable bonds is 6. The van der Waals surface area contributed by atoms with Gasteiger partial charge in [0.25, 0.3) is 0 Å². The van der Waals surface area contributed by atoms with Crippen LogP contribution in [0, 0.1) is 13.8 Å². The van der Waals surface area contributed by atoms with E-state index >= 15 is 0 Å². The van der Waals surface area contributed by atoms with Crippen molar-refractivity contribution in [3.63, 3.8) is 0 Å². The van der Waals surface area contributed by atoms with Crippen LogP contribution in [0.3, 0.4) is 0 Å². The summed E-state index contributed by atoms with van der Waals surface area (Å²) in [6.07, 6.45) is -1.43. The van der Waals surface area contributed by atoms with E-state index in [4.69, 9.17) is 9.15 Å². The van der Waals surface area contributed by atoms with Crippen molar-refractivity contribution in [2.75, 3.05) is 0 Å². The van der Waals surface area contributed by atoms with E-state index in [2.05, 4.69) is 0 Å². The Balaban J connectivity index is 1.62. The van der Waals surface area contributed by atoms with E-state index in [1.54, 1.807) is 29.5 Å². The minimum absolute atomic E-state index is 0.0219. The maximum absolute atomic E-state index is 12.7. The minimum Gasteiger partial charge on any atom is -0.486 e. The van der Waals surface area contributed by atoms with Gasteiger partial charge in [0, 0.05) is 15.3 Å². The molecule has 146 valence electrons. The second kappa shape index (κ2) is 8.06. The summed E-state index contributed by atoms with van der Waals surface area (Å²) in [5.74, 6) is 0.884. The molecule has 3 nitrogen and oxygen atoms in total. The van der Waals surface area contributed by atoms with Gasteiger partial charge in [0.1, 0.15) is 23.9 Å². The number of thiophene rings is 1. The molecular weight excluding hydrogens is 389 g/mol. The van der Waals surface area contributed by atoms with Crippen molar-refractivity contribution in [1.82, 2.24) is 0 Å². The van der Waals surface area contributed by atoms with Gasteiger partial charge in [-0.05, 0) is 62.4 Å². The maximum atomic E-state index is 12.7. The fourth-order valence-electron chi connectivity index (χ4n) is 2.60. The second-order valence-corrected chi connectivity index (χ2v) is 7.60. The molecule has 0 radical (unpaired) electrons. The van der Waals surface area contributed by atoms with Crippen molar-refractivity contribution in [3.05, 3.63) is 80.9 Å². The van der Waals surface area contributed by atoms with E-state index < -0.39 is 11.7 Å². The molecule has 0 aliphatic heterocycles. The molecule has 7 heteroatoms. The Bertz CT molecular complexity index is 1010. The smallest absolute Gasteiger partial charge is 0.416 e. The Hall–Kier alpha value is -2.80. The summed E-state index contributed by atoms with van der Waals surface area (Å²) in [4.78, 5) is 14.3. The van der Waals surface area contributed by atoms with Crippen molar-refractivity contribution in [2.45, 2.75) is 26.6 Å². The predicted molar refractivity (Wildman–Crippen MR) is 102 cm³/mol. The molecule has 3 aromatic rings. The molecule has 3 rings (SSSR count). The summed E-state index contributed by atoms with van der Waals surface area (Å²) in [5, 5.41) is 0.